The lowest BCUT2D eigenvalue weighted by atomic mass is 10.3. The van der Waals surface area contributed by atoms with Gasteiger partial charge in [0.05, 0.1) is 0 Å². The largest absolute Gasteiger partial charge is 0.396 e. The smallest absolute Gasteiger partial charge is 0.143 e. The van der Waals surface area contributed by atoms with E-state index in [-0.39, 0.29) is 12.4 Å². The average Bonchev–Trinajstić information content (AvgIpc) is 2.29. The summed E-state index contributed by atoms with van der Waals surface area (Å²) in [6.45, 7) is 0.0974. The summed E-state index contributed by atoms with van der Waals surface area (Å²) in [4.78, 5) is 12.2. The molecule has 0 heterocycles. The fraction of sp³-hybridized carbons (Fsp3) is 0.250. The summed E-state index contributed by atoms with van der Waals surface area (Å²) >= 11 is 1.41. The molecule has 0 bridgehead atoms. The summed E-state index contributed by atoms with van der Waals surface area (Å²) in [5.41, 5.74) is 0. The van der Waals surface area contributed by atoms with Crippen molar-refractivity contribution in [3.05, 3.63) is 41.1 Å². The van der Waals surface area contributed by atoms with E-state index in [0.29, 0.717) is 12.8 Å². The normalized spacial score (nSPS) is 11.5. The third kappa shape index (κ3) is 4.59. The van der Waals surface area contributed by atoms with Gasteiger partial charge in [0.1, 0.15) is 12.1 Å². The highest BCUT2D eigenvalue weighted by Crippen LogP contribution is 2.29. The minimum absolute atomic E-state index is 0.0974. The predicted molar refractivity (Wildman–Crippen MR) is 62.7 cm³/mol. The number of halogens is 1. The van der Waals surface area contributed by atoms with E-state index in [1.165, 1.54) is 30.0 Å². The molecule has 1 aromatic rings. The fourth-order valence-corrected chi connectivity index (χ4v) is 2.10. The standard InChI is InChI=1S/C12H13FO2S/c13-10-3-5-12(6-4-10)16-11(7-9-15)2-1-8-14/h3-7,9,14H,1-2,8H2/b11-7+. The quantitative estimate of drug-likeness (QED) is 0.472. The number of hydrogen-bond acceptors (Lipinski definition) is 3. The molecule has 2 nitrogen and oxygen atoms in total. The van der Waals surface area contributed by atoms with Crippen molar-refractivity contribution in [2.45, 2.75) is 17.7 Å². The number of aliphatic hydroxyl groups excluding tert-OH is 1. The van der Waals surface area contributed by atoms with Gasteiger partial charge in [-0.15, -0.1) is 0 Å². The van der Waals surface area contributed by atoms with Gasteiger partial charge in [-0.1, -0.05) is 11.8 Å². The molecule has 0 amide bonds. The van der Waals surface area contributed by atoms with Crippen LogP contribution in [0.2, 0.25) is 0 Å². The van der Waals surface area contributed by atoms with Crippen molar-refractivity contribution in [1.29, 1.82) is 0 Å². The van der Waals surface area contributed by atoms with Crippen molar-refractivity contribution in [3.8, 4) is 0 Å². The number of benzene rings is 1. The van der Waals surface area contributed by atoms with Crippen LogP contribution in [0.4, 0.5) is 4.39 Å². The highest BCUT2D eigenvalue weighted by atomic mass is 32.2. The van der Waals surface area contributed by atoms with E-state index in [9.17, 15) is 9.18 Å². The highest BCUT2D eigenvalue weighted by Gasteiger charge is 2.01. The maximum absolute atomic E-state index is 12.7. The number of hydrogen-bond donors (Lipinski definition) is 1. The molecule has 0 radical (unpaired) electrons. The molecule has 4 heteroatoms. The summed E-state index contributed by atoms with van der Waals surface area (Å²) in [6.07, 6.45) is 3.47. The number of rotatable bonds is 6. The Bertz CT molecular complexity index is 360. The zero-order chi connectivity index (χ0) is 11.8. The summed E-state index contributed by atoms with van der Waals surface area (Å²) in [7, 11) is 0. The molecule has 16 heavy (non-hydrogen) atoms. The van der Waals surface area contributed by atoms with Crippen molar-refractivity contribution >= 4 is 18.0 Å². The summed E-state index contributed by atoms with van der Waals surface area (Å²) in [6, 6.07) is 6.09. The van der Waals surface area contributed by atoms with Crippen LogP contribution in [0.25, 0.3) is 0 Å². The van der Waals surface area contributed by atoms with E-state index < -0.39 is 0 Å². The molecule has 1 aromatic carbocycles. The Hall–Kier alpha value is -1.13. The molecule has 0 atom stereocenters. The molecule has 0 saturated carbocycles. The van der Waals surface area contributed by atoms with Gasteiger partial charge in [-0.25, -0.2) is 4.39 Å². The molecular formula is C12H13FO2S. The molecule has 0 saturated heterocycles. The van der Waals surface area contributed by atoms with Gasteiger partial charge in [0.2, 0.25) is 0 Å². The van der Waals surface area contributed by atoms with E-state index in [1.807, 2.05) is 0 Å². The first-order valence-corrected chi connectivity index (χ1v) is 5.76. The second kappa shape index (κ2) is 7.19. The van der Waals surface area contributed by atoms with Crippen LogP contribution >= 0.6 is 11.8 Å². The van der Waals surface area contributed by atoms with Gasteiger partial charge in [-0.05, 0) is 48.1 Å². The number of thioether (sulfide) groups is 1. The molecule has 0 aliphatic heterocycles. The molecule has 0 aliphatic carbocycles. The summed E-state index contributed by atoms with van der Waals surface area (Å²) < 4.78 is 12.7. The first-order valence-electron chi connectivity index (χ1n) is 4.95. The Morgan fingerprint density at radius 1 is 1.38 bits per heavy atom. The number of carbonyl (C=O) groups excluding carboxylic acids is 1. The lowest BCUT2D eigenvalue weighted by Crippen LogP contribution is -1.86. The first-order chi connectivity index (χ1) is 7.76. The third-order valence-electron chi connectivity index (χ3n) is 1.90. The van der Waals surface area contributed by atoms with Gasteiger partial charge in [0.15, 0.2) is 0 Å². The van der Waals surface area contributed by atoms with E-state index >= 15 is 0 Å². The van der Waals surface area contributed by atoms with E-state index in [2.05, 4.69) is 0 Å². The van der Waals surface area contributed by atoms with Gasteiger partial charge >= 0.3 is 0 Å². The van der Waals surface area contributed by atoms with Crippen LogP contribution in [0.3, 0.4) is 0 Å². The number of aliphatic hydroxyl groups is 1. The number of allylic oxidation sites excluding steroid dienone is 2. The molecular weight excluding hydrogens is 227 g/mol. The molecule has 0 fully saturated rings. The number of carbonyl (C=O) groups is 1. The van der Waals surface area contributed by atoms with Crippen LogP contribution < -0.4 is 0 Å². The SMILES string of the molecule is O=C/C=C(\CCCO)Sc1ccc(F)cc1. The lowest BCUT2D eigenvalue weighted by Gasteiger charge is -2.05. The van der Waals surface area contributed by atoms with Gasteiger partial charge in [0.25, 0.3) is 0 Å². The lowest BCUT2D eigenvalue weighted by molar-refractivity contribution is -0.104. The van der Waals surface area contributed by atoms with Crippen molar-refractivity contribution in [2.75, 3.05) is 6.61 Å². The Labute approximate surface area is 98.2 Å². The second-order valence-electron chi connectivity index (χ2n) is 3.15. The fourth-order valence-electron chi connectivity index (χ4n) is 1.15. The monoisotopic (exact) mass is 240 g/mol. The van der Waals surface area contributed by atoms with Gasteiger partial charge < -0.3 is 5.11 Å². The third-order valence-corrected chi connectivity index (χ3v) is 3.01. The molecule has 1 N–H and O–H groups in total. The highest BCUT2D eigenvalue weighted by molar-refractivity contribution is 8.03. The van der Waals surface area contributed by atoms with Gasteiger partial charge in [0, 0.05) is 11.5 Å². The topological polar surface area (TPSA) is 37.3 Å². The van der Waals surface area contributed by atoms with Gasteiger partial charge in [-0.3, -0.25) is 4.79 Å². The molecule has 0 aliphatic rings. The second-order valence-corrected chi connectivity index (χ2v) is 4.35. The number of aldehydes is 1. The maximum atomic E-state index is 12.7. The zero-order valence-electron chi connectivity index (χ0n) is 8.73. The van der Waals surface area contributed by atoms with Crippen LogP contribution in [0, 0.1) is 5.82 Å². The Morgan fingerprint density at radius 2 is 2.06 bits per heavy atom. The average molecular weight is 240 g/mol. The molecule has 0 spiro atoms. The van der Waals surface area contributed by atoms with Crippen LogP contribution in [0.1, 0.15) is 12.8 Å². The van der Waals surface area contributed by atoms with Gasteiger partial charge in [-0.2, -0.15) is 0 Å². The van der Waals surface area contributed by atoms with E-state index in [1.54, 1.807) is 12.1 Å². The summed E-state index contributed by atoms with van der Waals surface area (Å²) in [5, 5.41) is 8.71. The van der Waals surface area contributed by atoms with Crippen molar-refractivity contribution in [3.63, 3.8) is 0 Å². The van der Waals surface area contributed by atoms with Crippen molar-refractivity contribution < 1.29 is 14.3 Å². The molecule has 1 rings (SSSR count). The Balaban J connectivity index is 2.64. The first kappa shape index (κ1) is 12.9. The van der Waals surface area contributed by atoms with E-state index in [0.717, 1.165) is 16.1 Å². The van der Waals surface area contributed by atoms with Crippen LogP contribution in [-0.4, -0.2) is 18.0 Å². The Morgan fingerprint density at radius 3 is 2.62 bits per heavy atom. The molecule has 0 aromatic heterocycles. The van der Waals surface area contributed by atoms with Crippen LogP contribution in [0.5, 0.6) is 0 Å². The maximum Gasteiger partial charge on any atom is 0.143 e. The van der Waals surface area contributed by atoms with Crippen molar-refractivity contribution in [1.82, 2.24) is 0 Å². The Kier molecular flexibility index (Phi) is 5.82. The van der Waals surface area contributed by atoms with Crippen LogP contribution in [-0.2, 0) is 4.79 Å². The van der Waals surface area contributed by atoms with Crippen molar-refractivity contribution in [2.24, 2.45) is 0 Å². The minimum Gasteiger partial charge on any atom is -0.396 e. The predicted octanol–water partition coefficient (Wildman–Crippen LogP) is 2.77. The summed E-state index contributed by atoms with van der Waals surface area (Å²) in [5.74, 6) is -0.277. The van der Waals surface area contributed by atoms with E-state index in [4.69, 9.17) is 5.11 Å². The van der Waals surface area contributed by atoms with Crippen LogP contribution in [0.15, 0.2) is 40.1 Å². The zero-order valence-corrected chi connectivity index (χ0v) is 9.54. The minimum atomic E-state index is -0.277. The molecule has 86 valence electrons. The molecule has 0 unspecified atom stereocenters.